The second-order valence-corrected chi connectivity index (χ2v) is 12.3. The lowest BCUT2D eigenvalue weighted by molar-refractivity contribution is 0.104. The number of hydrogen-bond donors (Lipinski definition) is 0. The lowest BCUT2D eigenvalue weighted by atomic mass is 10.1. The van der Waals surface area contributed by atoms with Gasteiger partial charge in [-0.15, -0.1) is 0 Å². The second-order valence-electron chi connectivity index (χ2n) is 12.3. The molecule has 0 bridgehead atoms. The summed E-state index contributed by atoms with van der Waals surface area (Å²) in [6.45, 7) is 13.6. The number of benzene rings is 2. The van der Waals surface area contributed by atoms with Gasteiger partial charge in [-0.2, -0.15) is 0 Å². The third kappa shape index (κ3) is 15.3. The fourth-order valence-electron chi connectivity index (χ4n) is 5.14. The van der Waals surface area contributed by atoms with Gasteiger partial charge in [0.2, 0.25) is 0 Å². The molecule has 0 saturated heterocycles. The SMILES string of the molecule is CCCCCOc1cc(/C=C\C(=O)c2cc(OCCCCC)cc(OCCCCC)c2OCCCCC)c(OCCCCC)c(OC)c1. The van der Waals surface area contributed by atoms with Crippen LogP contribution in [0.4, 0.5) is 0 Å². The first-order valence-corrected chi connectivity index (χ1v) is 18.8. The van der Waals surface area contributed by atoms with Gasteiger partial charge in [0.1, 0.15) is 11.5 Å². The van der Waals surface area contributed by atoms with Gasteiger partial charge in [-0.25, -0.2) is 0 Å². The van der Waals surface area contributed by atoms with Crippen LogP contribution in [0.2, 0.25) is 0 Å². The average Bonchev–Trinajstić information content (AvgIpc) is 3.10. The molecule has 7 nitrogen and oxygen atoms in total. The molecule has 0 aromatic heterocycles. The molecule has 270 valence electrons. The lowest BCUT2D eigenvalue weighted by Gasteiger charge is -2.18. The molecule has 0 radical (unpaired) electrons. The van der Waals surface area contributed by atoms with Crippen molar-refractivity contribution in [1.82, 2.24) is 0 Å². The van der Waals surface area contributed by atoms with Gasteiger partial charge >= 0.3 is 0 Å². The van der Waals surface area contributed by atoms with Crippen LogP contribution in [0.3, 0.4) is 0 Å². The van der Waals surface area contributed by atoms with Gasteiger partial charge in [-0.3, -0.25) is 4.79 Å². The van der Waals surface area contributed by atoms with E-state index in [4.69, 9.17) is 28.4 Å². The van der Waals surface area contributed by atoms with E-state index in [1.807, 2.05) is 18.2 Å². The van der Waals surface area contributed by atoms with Crippen molar-refractivity contribution in [3.63, 3.8) is 0 Å². The van der Waals surface area contributed by atoms with E-state index in [0.29, 0.717) is 73.1 Å². The minimum atomic E-state index is -0.205. The van der Waals surface area contributed by atoms with Crippen molar-refractivity contribution in [2.75, 3.05) is 40.1 Å². The third-order valence-electron chi connectivity index (χ3n) is 8.01. The van der Waals surface area contributed by atoms with E-state index in [1.54, 1.807) is 25.3 Å². The van der Waals surface area contributed by atoms with Crippen LogP contribution in [0.5, 0.6) is 34.5 Å². The van der Waals surface area contributed by atoms with Crippen molar-refractivity contribution in [2.24, 2.45) is 0 Å². The molecular formula is C41H64O7. The predicted molar refractivity (Wildman–Crippen MR) is 198 cm³/mol. The summed E-state index contributed by atoms with van der Waals surface area (Å²) in [7, 11) is 1.63. The molecular weight excluding hydrogens is 604 g/mol. The number of hydrogen-bond acceptors (Lipinski definition) is 7. The first-order valence-electron chi connectivity index (χ1n) is 18.8. The largest absolute Gasteiger partial charge is 0.493 e. The molecule has 0 fully saturated rings. The Morgan fingerprint density at radius 1 is 0.521 bits per heavy atom. The molecule has 0 amide bonds. The highest BCUT2D eigenvalue weighted by molar-refractivity contribution is 6.09. The van der Waals surface area contributed by atoms with Crippen LogP contribution in [-0.4, -0.2) is 45.9 Å². The van der Waals surface area contributed by atoms with Crippen LogP contribution in [0.1, 0.15) is 147 Å². The van der Waals surface area contributed by atoms with Crippen molar-refractivity contribution in [1.29, 1.82) is 0 Å². The Balaban J connectivity index is 2.53. The number of methoxy groups -OCH3 is 1. The van der Waals surface area contributed by atoms with Gasteiger partial charge in [0.25, 0.3) is 0 Å². The molecule has 0 aliphatic rings. The molecule has 48 heavy (non-hydrogen) atoms. The van der Waals surface area contributed by atoms with Gasteiger partial charge < -0.3 is 28.4 Å². The Labute approximate surface area is 291 Å². The molecule has 0 heterocycles. The van der Waals surface area contributed by atoms with Crippen LogP contribution in [0.15, 0.2) is 30.3 Å². The van der Waals surface area contributed by atoms with Crippen LogP contribution in [0, 0.1) is 0 Å². The Hall–Kier alpha value is -3.35. The summed E-state index contributed by atoms with van der Waals surface area (Å²) in [4.78, 5) is 14.1. The van der Waals surface area contributed by atoms with Crippen LogP contribution in [-0.2, 0) is 0 Å². The lowest BCUT2D eigenvalue weighted by Crippen LogP contribution is -2.09. The fourth-order valence-corrected chi connectivity index (χ4v) is 5.14. The second kappa shape index (κ2) is 25.6. The smallest absolute Gasteiger partial charge is 0.189 e. The zero-order valence-corrected chi connectivity index (χ0v) is 31.0. The minimum absolute atomic E-state index is 0.205. The molecule has 0 aliphatic carbocycles. The Morgan fingerprint density at radius 2 is 0.958 bits per heavy atom. The summed E-state index contributed by atoms with van der Waals surface area (Å²) in [5, 5.41) is 0. The summed E-state index contributed by atoms with van der Waals surface area (Å²) in [5.74, 6) is 3.29. The zero-order valence-electron chi connectivity index (χ0n) is 31.0. The molecule has 2 rings (SSSR count). The highest BCUT2D eigenvalue weighted by atomic mass is 16.5. The maximum absolute atomic E-state index is 14.1. The summed E-state index contributed by atoms with van der Waals surface area (Å²) in [6.07, 6.45) is 18.9. The van der Waals surface area contributed by atoms with E-state index in [9.17, 15) is 4.79 Å². The van der Waals surface area contributed by atoms with Crippen molar-refractivity contribution < 1.29 is 33.2 Å². The van der Waals surface area contributed by atoms with Gasteiger partial charge in [0.15, 0.2) is 28.8 Å². The summed E-state index contributed by atoms with van der Waals surface area (Å²) in [6, 6.07) is 7.46. The molecule has 2 aromatic carbocycles. The summed E-state index contributed by atoms with van der Waals surface area (Å²) in [5.41, 5.74) is 1.14. The Kier molecular flexibility index (Phi) is 21.8. The number of carbonyl (C=O) groups is 1. The van der Waals surface area contributed by atoms with Crippen LogP contribution < -0.4 is 28.4 Å². The van der Waals surface area contributed by atoms with E-state index in [-0.39, 0.29) is 5.78 Å². The molecule has 2 aromatic rings. The summed E-state index contributed by atoms with van der Waals surface area (Å²) >= 11 is 0. The Bertz CT molecular complexity index is 1190. The minimum Gasteiger partial charge on any atom is -0.493 e. The van der Waals surface area contributed by atoms with Gasteiger partial charge in [-0.05, 0) is 56.4 Å². The molecule has 0 N–H and O–H groups in total. The van der Waals surface area contributed by atoms with Crippen molar-refractivity contribution >= 4 is 11.9 Å². The monoisotopic (exact) mass is 668 g/mol. The highest BCUT2D eigenvalue weighted by Crippen LogP contribution is 2.39. The van der Waals surface area contributed by atoms with Crippen LogP contribution in [0.25, 0.3) is 6.08 Å². The van der Waals surface area contributed by atoms with Gasteiger partial charge in [0.05, 0.1) is 45.7 Å². The van der Waals surface area contributed by atoms with Crippen molar-refractivity contribution in [2.45, 2.75) is 131 Å². The molecule has 0 atom stereocenters. The van der Waals surface area contributed by atoms with E-state index in [2.05, 4.69) is 34.6 Å². The number of rotatable bonds is 29. The standard InChI is InChI=1S/C41H64O7/c1-7-12-17-24-44-34-29-33(40(38(31-34)43-6)47-27-20-15-10-4)22-23-37(42)36-30-35(45-25-18-13-8-2)32-39(46-26-19-14-9-3)41(36)48-28-21-16-11-5/h22-23,29-32H,7-21,24-28H2,1-6H3/b23-22-. The third-order valence-corrected chi connectivity index (χ3v) is 8.01. The fraction of sp³-hybridized carbons (Fsp3) is 0.634. The van der Waals surface area contributed by atoms with E-state index >= 15 is 0 Å². The Morgan fingerprint density at radius 3 is 1.46 bits per heavy atom. The molecule has 0 aliphatic heterocycles. The number of carbonyl (C=O) groups excluding carboxylic acids is 1. The normalized spacial score (nSPS) is 11.1. The molecule has 0 unspecified atom stereocenters. The average molecular weight is 669 g/mol. The molecule has 0 saturated carbocycles. The first-order chi connectivity index (χ1) is 23.5. The van der Waals surface area contributed by atoms with Gasteiger partial charge in [-0.1, -0.05) is 98.8 Å². The summed E-state index contributed by atoms with van der Waals surface area (Å²) < 4.78 is 36.8. The van der Waals surface area contributed by atoms with Crippen molar-refractivity contribution in [3.8, 4) is 34.5 Å². The number of allylic oxidation sites excluding steroid dienone is 1. The topological polar surface area (TPSA) is 72.5 Å². The number of ketones is 1. The zero-order chi connectivity index (χ0) is 34.8. The molecule has 7 heteroatoms. The maximum Gasteiger partial charge on any atom is 0.189 e. The number of ether oxygens (including phenoxy) is 6. The maximum atomic E-state index is 14.1. The predicted octanol–water partition coefficient (Wildman–Crippen LogP) is 11.4. The van der Waals surface area contributed by atoms with Crippen LogP contribution >= 0.6 is 0 Å². The van der Waals surface area contributed by atoms with Crippen molar-refractivity contribution in [3.05, 3.63) is 41.5 Å². The quantitative estimate of drug-likeness (QED) is 0.0485. The number of unbranched alkanes of at least 4 members (excludes halogenated alkanes) is 10. The highest BCUT2D eigenvalue weighted by Gasteiger charge is 2.20. The first kappa shape index (κ1) is 40.8. The van der Waals surface area contributed by atoms with Gasteiger partial charge in [0, 0.05) is 17.7 Å². The van der Waals surface area contributed by atoms with E-state index in [1.165, 1.54) is 0 Å². The molecule has 0 spiro atoms. The van der Waals surface area contributed by atoms with E-state index in [0.717, 1.165) is 102 Å². The van der Waals surface area contributed by atoms with E-state index < -0.39 is 0 Å².